The molecule has 74 valence electrons. The highest BCUT2D eigenvalue weighted by Crippen LogP contribution is 2.32. The van der Waals surface area contributed by atoms with Crippen LogP contribution in [0.3, 0.4) is 0 Å². The zero-order chi connectivity index (χ0) is 10.1. The average molecular weight is 189 g/mol. The van der Waals surface area contributed by atoms with Gasteiger partial charge in [-0.3, -0.25) is 0 Å². The van der Waals surface area contributed by atoms with Crippen molar-refractivity contribution in [1.29, 1.82) is 0 Å². The quantitative estimate of drug-likeness (QED) is 0.297. The molecule has 0 radical (unpaired) electrons. The van der Waals surface area contributed by atoms with E-state index in [9.17, 15) is 10.2 Å². The molecule has 13 heavy (non-hydrogen) atoms. The molecule has 0 aromatic carbocycles. The van der Waals surface area contributed by atoms with Crippen molar-refractivity contribution >= 4 is 0 Å². The lowest BCUT2D eigenvalue weighted by atomic mass is 10.0. The van der Waals surface area contributed by atoms with Crippen LogP contribution in [-0.4, -0.2) is 46.0 Å². The van der Waals surface area contributed by atoms with Crippen LogP contribution >= 0.6 is 0 Å². The monoisotopic (exact) mass is 189 g/mol. The Labute approximate surface area is 74.2 Å². The standard InChI is InChI=1S/C6H11N3O4/c1-3-4(11)5(12)6(2-10,13-3)8-9-7/h3-5,10-12H,2H2,1H3/t3-,4?,5-,6+/m0/s1. The molecular weight excluding hydrogens is 178 g/mol. The van der Waals surface area contributed by atoms with Crippen LogP contribution in [0.5, 0.6) is 0 Å². The Hall–Kier alpha value is -0.850. The van der Waals surface area contributed by atoms with Crippen LogP contribution in [0.15, 0.2) is 5.11 Å². The van der Waals surface area contributed by atoms with Crippen molar-refractivity contribution in [3.05, 3.63) is 10.4 Å². The second-order valence-electron chi connectivity index (χ2n) is 2.95. The summed E-state index contributed by atoms with van der Waals surface area (Å²) in [7, 11) is 0. The first-order valence-electron chi connectivity index (χ1n) is 3.78. The second kappa shape index (κ2) is 3.49. The maximum atomic E-state index is 9.41. The number of azide groups is 1. The van der Waals surface area contributed by atoms with Crippen molar-refractivity contribution in [3.8, 4) is 0 Å². The summed E-state index contributed by atoms with van der Waals surface area (Å²) >= 11 is 0. The van der Waals surface area contributed by atoms with Gasteiger partial charge in [0.15, 0.2) is 5.72 Å². The van der Waals surface area contributed by atoms with Crippen LogP contribution in [0, 0.1) is 0 Å². The molecule has 1 fully saturated rings. The van der Waals surface area contributed by atoms with Crippen molar-refractivity contribution < 1.29 is 20.1 Å². The number of ether oxygens (including phenoxy) is 1. The van der Waals surface area contributed by atoms with Gasteiger partial charge in [-0.15, -0.1) is 0 Å². The van der Waals surface area contributed by atoms with E-state index in [1.165, 1.54) is 6.92 Å². The predicted octanol–water partition coefficient (Wildman–Crippen LogP) is -0.874. The molecule has 3 N–H and O–H groups in total. The van der Waals surface area contributed by atoms with Gasteiger partial charge in [-0.25, -0.2) is 0 Å². The minimum absolute atomic E-state index is 0.667. The van der Waals surface area contributed by atoms with E-state index < -0.39 is 30.6 Å². The van der Waals surface area contributed by atoms with Crippen LogP contribution in [0.4, 0.5) is 0 Å². The molecule has 0 aromatic rings. The van der Waals surface area contributed by atoms with E-state index >= 15 is 0 Å². The molecule has 7 nitrogen and oxygen atoms in total. The summed E-state index contributed by atoms with van der Waals surface area (Å²) in [5.74, 6) is 0. The zero-order valence-corrected chi connectivity index (χ0v) is 7.03. The maximum Gasteiger partial charge on any atom is 0.198 e. The van der Waals surface area contributed by atoms with Crippen molar-refractivity contribution in [2.24, 2.45) is 5.11 Å². The lowest BCUT2D eigenvalue weighted by Crippen LogP contribution is -2.44. The Balaban J connectivity index is 2.95. The lowest BCUT2D eigenvalue weighted by molar-refractivity contribution is -0.103. The summed E-state index contributed by atoms with van der Waals surface area (Å²) in [6.45, 7) is 0.845. The molecule has 0 aliphatic carbocycles. The Morgan fingerprint density at radius 1 is 1.62 bits per heavy atom. The van der Waals surface area contributed by atoms with Gasteiger partial charge >= 0.3 is 0 Å². The van der Waals surface area contributed by atoms with E-state index in [0.717, 1.165) is 0 Å². The Morgan fingerprint density at radius 3 is 2.54 bits per heavy atom. The van der Waals surface area contributed by atoms with Gasteiger partial charge in [-0.1, -0.05) is 5.11 Å². The highest BCUT2D eigenvalue weighted by Gasteiger charge is 2.52. The van der Waals surface area contributed by atoms with Crippen LogP contribution in [-0.2, 0) is 4.74 Å². The number of nitrogens with zero attached hydrogens (tertiary/aromatic N) is 3. The van der Waals surface area contributed by atoms with Crippen LogP contribution < -0.4 is 0 Å². The summed E-state index contributed by atoms with van der Waals surface area (Å²) in [4.78, 5) is 2.45. The van der Waals surface area contributed by atoms with Crippen molar-refractivity contribution in [3.63, 3.8) is 0 Å². The Bertz CT molecular complexity index is 242. The fourth-order valence-corrected chi connectivity index (χ4v) is 1.31. The minimum Gasteiger partial charge on any atom is -0.393 e. The number of aliphatic hydroxyl groups excluding tert-OH is 3. The molecule has 7 heteroatoms. The number of rotatable bonds is 2. The fourth-order valence-electron chi connectivity index (χ4n) is 1.31. The smallest absolute Gasteiger partial charge is 0.198 e. The summed E-state index contributed by atoms with van der Waals surface area (Å²) in [5.41, 5.74) is 6.45. The van der Waals surface area contributed by atoms with Crippen LogP contribution in [0.2, 0.25) is 0 Å². The lowest BCUT2D eigenvalue weighted by Gasteiger charge is -2.23. The third-order valence-electron chi connectivity index (χ3n) is 2.10. The molecule has 0 bridgehead atoms. The molecule has 0 spiro atoms. The summed E-state index contributed by atoms with van der Waals surface area (Å²) in [6, 6.07) is 0. The van der Waals surface area contributed by atoms with Crippen LogP contribution in [0.1, 0.15) is 6.92 Å². The third-order valence-corrected chi connectivity index (χ3v) is 2.10. The molecule has 0 aromatic heterocycles. The molecular formula is C6H11N3O4. The largest absolute Gasteiger partial charge is 0.393 e. The van der Waals surface area contributed by atoms with Crippen molar-refractivity contribution in [1.82, 2.24) is 0 Å². The first kappa shape index (κ1) is 10.2. The molecule has 1 aliphatic heterocycles. The van der Waals surface area contributed by atoms with Gasteiger partial charge in [-0.2, -0.15) is 0 Å². The Morgan fingerprint density at radius 2 is 2.23 bits per heavy atom. The highest BCUT2D eigenvalue weighted by atomic mass is 16.6. The van der Waals surface area contributed by atoms with Gasteiger partial charge in [0.25, 0.3) is 0 Å². The second-order valence-corrected chi connectivity index (χ2v) is 2.95. The molecule has 1 saturated heterocycles. The normalized spacial score (nSPS) is 44.5. The van der Waals surface area contributed by atoms with Gasteiger partial charge in [-0.05, 0) is 12.5 Å². The zero-order valence-electron chi connectivity index (χ0n) is 7.03. The van der Waals surface area contributed by atoms with E-state index in [0.29, 0.717) is 0 Å². The number of hydrogen-bond donors (Lipinski definition) is 3. The fraction of sp³-hybridized carbons (Fsp3) is 1.00. The number of hydrogen-bond acceptors (Lipinski definition) is 5. The Kier molecular flexibility index (Phi) is 2.74. The molecule has 0 saturated carbocycles. The van der Waals surface area contributed by atoms with E-state index in [2.05, 4.69) is 10.0 Å². The molecule has 1 aliphatic rings. The predicted molar refractivity (Wildman–Crippen MR) is 41.5 cm³/mol. The average Bonchev–Trinajstić information content (AvgIpc) is 2.32. The van der Waals surface area contributed by atoms with E-state index in [4.69, 9.17) is 15.4 Å². The SMILES string of the molecule is C[C@@H]1O[C@@](CO)(N=[N+]=[N-])[C@@H](O)C1O. The van der Waals surface area contributed by atoms with Gasteiger partial charge in [0.2, 0.25) is 0 Å². The topological polar surface area (TPSA) is 119 Å². The molecule has 1 heterocycles. The van der Waals surface area contributed by atoms with Crippen molar-refractivity contribution in [2.45, 2.75) is 31.0 Å². The first-order chi connectivity index (χ1) is 6.07. The summed E-state index contributed by atoms with van der Waals surface area (Å²) in [6.07, 6.45) is -3.23. The molecule has 1 unspecified atom stereocenters. The van der Waals surface area contributed by atoms with E-state index in [1.807, 2.05) is 0 Å². The van der Waals surface area contributed by atoms with Crippen LogP contribution in [0.25, 0.3) is 10.4 Å². The van der Waals surface area contributed by atoms with Crippen molar-refractivity contribution in [2.75, 3.05) is 6.61 Å². The highest BCUT2D eigenvalue weighted by molar-refractivity contribution is 4.99. The first-order valence-corrected chi connectivity index (χ1v) is 3.78. The minimum atomic E-state index is -1.74. The van der Waals surface area contributed by atoms with Gasteiger partial charge in [0.1, 0.15) is 12.2 Å². The molecule has 1 rings (SSSR count). The van der Waals surface area contributed by atoms with E-state index in [1.54, 1.807) is 0 Å². The maximum absolute atomic E-state index is 9.41. The number of aliphatic hydroxyl groups is 3. The van der Waals surface area contributed by atoms with Gasteiger partial charge in [0, 0.05) is 4.91 Å². The molecule has 4 atom stereocenters. The summed E-state index contributed by atoms with van der Waals surface area (Å²) in [5, 5.41) is 30.7. The van der Waals surface area contributed by atoms with E-state index in [-0.39, 0.29) is 0 Å². The van der Waals surface area contributed by atoms with Gasteiger partial charge < -0.3 is 20.1 Å². The summed E-state index contributed by atoms with van der Waals surface area (Å²) < 4.78 is 4.99. The van der Waals surface area contributed by atoms with Gasteiger partial charge in [0.05, 0.1) is 12.7 Å². The third kappa shape index (κ3) is 1.48. The molecule has 0 amide bonds.